The minimum atomic E-state index is 0.0129. The van der Waals surface area contributed by atoms with Crippen molar-refractivity contribution in [3.63, 3.8) is 0 Å². The summed E-state index contributed by atoms with van der Waals surface area (Å²) < 4.78 is 3.87. The van der Waals surface area contributed by atoms with Gasteiger partial charge in [0.15, 0.2) is 0 Å². The second kappa shape index (κ2) is 26.7. The van der Waals surface area contributed by atoms with Crippen molar-refractivity contribution in [3.05, 3.63) is 324 Å². The van der Waals surface area contributed by atoms with Gasteiger partial charge in [-0.1, -0.05) is 333 Å². The van der Waals surface area contributed by atoms with Crippen LogP contribution in [-0.2, 0) is 16.2 Å². The van der Waals surface area contributed by atoms with Crippen LogP contribution in [0.2, 0.25) is 0 Å². The smallest absolute Gasteiger partial charge is 0.0896 e. The Labute approximate surface area is 637 Å². The van der Waals surface area contributed by atoms with Gasteiger partial charge in [0, 0.05) is 83.4 Å². The van der Waals surface area contributed by atoms with Crippen molar-refractivity contribution >= 4 is 230 Å². The van der Waals surface area contributed by atoms with Gasteiger partial charge in [0.1, 0.15) is 0 Å². The molecule has 0 radical (unpaired) electrons. The van der Waals surface area contributed by atoms with Gasteiger partial charge < -0.3 is 0 Å². The molecular weight excluding hydrogens is 1370 g/mol. The van der Waals surface area contributed by atoms with Crippen molar-refractivity contribution in [3.8, 4) is 0 Å². The number of aromatic nitrogens is 3. The van der Waals surface area contributed by atoms with Crippen LogP contribution in [0.15, 0.2) is 323 Å². The van der Waals surface area contributed by atoms with Crippen molar-refractivity contribution in [2.75, 3.05) is 0 Å². The maximum absolute atomic E-state index is 4.71. The predicted molar refractivity (Wildman–Crippen MR) is 472 cm³/mol. The van der Waals surface area contributed by atoms with E-state index in [1.165, 1.54) is 160 Å². The van der Waals surface area contributed by atoms with Crippen LogP contribution in [0.5, 0.6) is 0 Å². The summed E-state index contributed by atoms with van der Waals surface area (Å²) in [5, 5.41) is 31.2. The van der Waals surface area contributed by atoms with E-state index in [9.17, 15) is 0 Å². The van der Waals surface area contributed by atoms with Crippen molar-refractivity contribution in [2.24, 2.45) is 15.0 Å². The van der Waals surface area contributed by atoms with Crippen molar-refractivity contribution < 1.29 is 0 Å². The molecule has 0 amide bonds. The second-order valence-electron chi connectivity index (χ2n) is 29.7. The van der Waals surface area contributed by atoms with Gasteiger partial charge in [0.25, 0.3) is 0 Å². The first-order chi connectivity index (χ1) is 52.9. The number of aliphatic imine (C=N–C) groups is 3. The molecule has 516 valence electrons. The topological polar surface area (TPSA) is 75.8 Å². The Kier molecular flexibility index (Phi) is 16.4. The molecule has 0 unspecified atom stereocenters. The molecule has 0 fully saturated rings. The van der Waals surface area contributed by atoms with Crippen molar-refractivity contribution in [1.82, 2.24) is 15.0 Å². The van der Waals surface area contributed by atoms with E-state index in [1.54, 1.807) is 34.0 Å². The fraction of sp³-hybridized carbons (Fsp3) is 0.0909. The Balaban J connectivity index is 0.0000000883. The highest BCUT2D eigenvalue weighted by Crippen LogP contribution is 2.51. The largest absolute Gasteiger partial charge is 0.259 e. The number of rotatable bonds is 0. The summed E-state index contributed by atoms with van der Waals surface area (Å²) in [5.41, 5.74) is 16.8. The lowest BCUT2D eigenvalue weighted by Gasteiger charge is -2.20. The summed E-state index contributed by atoms with van der Waals surface area (Å²) in [4.78, 5) is 27.7. The number of benzene rings is 18. The molecule has 21 aromatic rings. The zero-order chi connectivity index (χ0) is 72.8. The fourth-order valence-corrected chi connectivity index (χ4v) is 19.5. The maximum Gasteiger partial charge on any atom is 0.0896 e. The standard InChI is InChI=1S/3C18H15N.3C15H9NS/c3*1-18(2)11-19-17-15-10-6-4-8-13(15)12-7-3-5-9-14(12)16(17)18;3*1-3-7-12-10(5-1)11-6-2-4-8-13(11)15-14(12)16-9-17-15/h3*3-11H,1-2H3;3*1-9H. The first-order valence-corrected chi connectivity index (χ1v) is 39.4. The van der Waals surface area contributed by atoms with E-state index in [2.05, 4.69) is 366 Å². The van der Waals surface area contributed by atoms with E-state index in [-0.39, 0.29) is 16.2 Å². The summed E-state index contributed by atoms with van der Waals surface area (Å²) >= 11 is 5.16. The number of nitrogens with zero attached hydrogens (tertiary/aromatic N) is 6. The fourth-order valence-electron chi connectivity index (χ4n) is 17.0. The molecule has 0 atom stereocenters. The Hall–Kier alpha value is -12.2. The Morgan fingerprint density at radius 1 is 0.185 bits per heavy atom. The zero-order valence-corrected chi connectivity index (χ0v) is 63.0. The molecule has 3 aliphatic rings. The summed E-state index contributed by atoms with van der Waals surface area (Å²) in [7, 11) is 0. The molecule has 108 heavy (non-hydrogen) atoms. The quantitative estimate of drug-likeness (QED) is 0.142. The van der Waals surface area contributed by atoms with E-state index < -0.39 is 0 Å². The first kappa shape index (κ1) is 66.4. The van der Waals surface area contributed by atoms with Gasteiger partial charge in [0.05, 0.1) is 64.2 Å². The van der Waals surface area contributed by atoms with Gasteiger partial charge in [-0.3, -0.25) is 15.0 Å². The zero-order valence-electron chi connectivity index (χ0n) is 60.6. The Morgan fingerprint density at radius 3 is 0.565 bits per heavy atom. The van der Waals surface area contributed by atoms with Crippen LogP contribution in [0.4, 0.5) is 17.1 Å². The van der Waals surface area contributed by atoms with Crippen molar-refractivity contribution in [2.45, 2.75) is 57.8 Å². The molecule has 0 bridgehead atoms. The average molecular weight is 1440 g/mol. The highest BCUT2D eigenvalue weighted by Gasteiger charge is 2.33. The molecule has 0 saturated heterocycles. The van der Waals surface area contributed by atoms with Crippen molar-refractivity contribution in [1.29, 1.82) is 0 Å². The molecule has 0 spiro atoms. The van der Waals surface area contributed by atoms with Crippen LogP contribution < -0.4 is 0 Å². The second-order valence-corrected chi connectivity index (χ2v) is 32.3. The van der Waals surface area contributed by atoms with Crippen LogP contribution in [-0.4, -0.2) is 33.6 Å². The lowest BCUT2D eigenvalue weighted by Crippen LogP contribution is -2.15. The minimum absolute atomic E-state index is 0.0129. The van der Waals surface area contributed by atoms with E-state index in [0.29, 0.717) is 0 Å². The van der Waals surface area contributed by atoms with Crippen LogP contribution in [0, 0.1) is 0 Å². The van der Waals surface area contributed by atoms with Crippen LogP contribution in [0.3, 0.4) is 0 Å². The highest BCUT2D eigenvalue weighted by molar-refractivity contribution is 7.18. The normalized spacial score (nSPS) is 13.9. The molecule has 3 aliphatic heterocycles. The number of hydrogen-bond acceptors (Lipinski definition) is 9. The minimum Gasteiger partial charge on any atom is -0.259 e. The van der Waals surface area contributed by atoms with Gasteiger partial charge in [0.2, 0.25) is 0 Å². The Bertz CT molecular complexity index is 6410. The predicted octanol–water partition coefficient (Wildman–Crippen LogP) is 28.8. The summed E-state index contributed by atoms with van der Waals surface area (Å²) in [6.07, 6.45) is 6.24. The van der Waals surface area contributed by atoms with Gasteiger partial charge in [-0.25, -0.2) is 15.0 Å². The van der Waals surface area contributed by atoms with Gasteiger partial charge in [-0.15, -0.1) is 34.0 Å². The third kappa shape index (κ3) is 11.1. The lowest BCUT2D eigenvalue weighted by molar-refractivity contribution is 0.760. The van der Waals surface area contributed by atoms with Gasteiger partial charge >= 0.3 is 0 Å². The van der Waals surface area contributed by atoms with E-state index in [0.717, 1.165) is 33.6 Å². The molecule has 9 heteroatoms. The molecule has 24 rings (SSSR count). The van der Waals surface area contributed by atoms with Crippen LogP contribution >= 0.6 is 34.0 Å². The summed E-state index contributed by atoms with van der Waals surface area (Å²) in [6, 6.07) is 103. The number of fused-ring (bicyclic) bond motifs is 36. The number of hydrogen-bond donors (Lipinski definition) is 0. The molecule has 6 heterocycles. The first-order valence-electron chi connectivity index (χ1n) is 36.8. The molecule has 0 N–H and O–H groups in total. The number of thiazole rings is 3. The maximum atomic E-state index is 4.71. The lowest BCUT2D eigenvalue weighted by atomic mass is 9.82. The molecular formula is C99H72N6S3. The molecule has 18 aromatic carbocycles. The summed E-state index contributed by atoms with van der Waals surface area (Å²) in [5.74, 6) is 0. The third-order valence-electron chi connectivity index (χ3n) is 21.8. The highest BCUT2D eigenvalue weighted by atomic mass is 32.1. The molecule has 0 aliphatic carbocycles. The Morgan fingerprint density at radius 2 is 0.343 bits per heavy atom. The SMILES string of the molecule is CC1(C)C=Nc2c1c1ccccc1c1ccccc21.CC1(C)C=Nc2c1c1ccccc1c1ccccc21.CC1(C)C=Nc2c1c1ccccc1c1ccccc21.c1ccc2c(c1)c1ccccc1c1scnc21.c1ccc2c(c1)c1ccccc1c1scnc21.c1ccc2c(c1)c1ccccc1c1scnc21. The van der Waals surface area contributed by atoms with Crippen LogP contribution in [0.1, 0.15) is 58.2 Å². The average Bonchev–Trinajstić information content (AvgIpc) is 1.67. The molecule has 0 saturated carbocycles. The monoisotopic (exact) mass is 1440 g/mol. The summed E-state index contributed by atoms with van der Waals surface area (Å²) in [6.45, 7) is 13.4. The van der Waals surface area contributed by atoms with Gasteiger partial charge in [-0.2, -0.15) is 0 Å². The van der Waals surface area contributed by atoms with E-state index in [1.807, 2.05) is 16.5 Å². The van der Waals surface area contributed by atoms with E-state index in [4.69, 9.17) is 15.0 Å². The molecule has 6 nitrogen and oxygen atoms in total. The van der Waals surface area contributed by atoms with Crippen LogP contribution in [0.25, 0.3) is 160 Å². The molecule has 3 aromatic heterocycles. The van der Waals surface area contributed by atoms with E-state index >= 15 is 0 Å². The van der Waals surface area contributed by atoms with Gasteiger partial charge in [-0.05, 0) is 97.5 Å². The third-order valence-corrected chi connectivity index (χ3v) is 24.4.